The molecule has 0 aliphatic carbocycles. The van der Waals surface area contributed by atoms with E-state index in [4.69, 9.17) is 10.5 Å². The van der Waals surface area contributed by atoms with Crippen molar-refractivity contribution < 1.29 is 18.7 Å². The molecule has 0 saturated carbocycles. The van der Waals surface area contributed by atoms with Gasteiger partial charge in [-0.05, 0) is 29.8 Å². The van der Waals surface area contributed by atoms with Crippen molar-refractivity contribution in [3.8, 4) is 0 Å². The number of hydrogen-bond acceptors (Lipinski definition) is 4. The second-order valence-corrected chi connectivity index (χ2v) is 7.48. The predicted octanol–water partition coefficient (Wildman–Crippen LogP) is 3.40. The number of thioether (sulfide) groups is 1. The molecule has 0 bridgehead atoms. The summed E-state index contributed by atoms with van der Waals surface area (Å²) in [5.74, 6) is -0.111. The van der Waals surface area contributed by atoms with Crippen LogP contribution in [0.3, 0.4) is 0 Å². The van der Waals surface area contributed by atoms with Crippen molar-refractivity contribution >= 4 is 29.4 Å². The van der Waals surface area contributed by atoms with E-state index < -0.39 is 0 Å². The largest absolute Gasteiger partial charge is 0.370 e. The number of para-hydroxylation sites is 1. The number of anilines is 1. The van der Waals surface area contributed by atoms with Gasteiger partial charge in [-0.15, -0.1) is 11.8 Å². The minimum atomic E-state index is -0.353. The normalized spacial score (nSPS) is 16.6. The number of halogens is 1. The lowest BCUT2D eigenvalue weighted by atomic mass is 10.1. The number of morpholine rings is 1. The van der Waals surface area contributed by atoms with E-state index in [0.29, 0.717) is 31.1 Å². The minimum Gasteiger partial charge on any atom is -0.370 e. The van der Waals surface area contributed by atoms with Crippen molar-refractivity contribution in [3.05, 3.63) is 59.9 Å². The minimum absolute atomic E-state index is 0.224. The van der Waals surface area contributed by atoms with E-state index in [1.165, 1.54) is 23.9 Å². The lowest BCUT2D eigenvalue weighted by molar-refractivity contribution is -0.117. The molecule has 3 N–H and O–H groups in total. The third-order valence-electron chi connectivity index (χ3n) is 4.33. The van der Waals surface area contributed by atoms with Gasteiger partial charge in [-0.3, -0.25) is 4.79 Å². The molecule has 3 rings (SSSR count). The van der Waals surface area contributed by atoms with Crippen LogP contribution in [0.2, 0.25) is 0 Å². The summed E-state index contributed by atoms with van der Waals surface area (Å²) in [4.78, 5) is 26.2. The van der Waals surface area contributed by atoms with Crippen LogP contribution in [0.5, 0.6) is 0 Å². The van der Waals surface area contributed by atoms with Crippen molar-refractivity contribution in [3.63, 3.8) is 0 Å². The zero-order chi connectivity index (χ0) is 19.9. The molecule has 6 nitrogen and oxygen atoms in total. The van der Waals surface area contributed by atoms with Crippen LogP contribution >= 0.6 is 11.8 Å². The molecular formula is C20H22FN3O3S. The number of rotatable bonds is 6. The molecule has 1 heterocycles. The summed E-state index contributed by atoms with van der Waals surface area (Å²) in [6.45, 7) is 1.26. The van der Waals surface area contributed by atoms with Crippen molar-refractivity contribution in [1.29, 1.82) is 0 Å². The first-order chi connectivity index (χ1) is 13.5. The number of benzene rings is 2. The van der Waals surface area contributed by atoms with E-state index in [0.717, 1.165) is 10.5 Å². The maximum Gasteiger partial charge on any atom is 0.322 e. The van der Waals surface area contributed by atoms with Gasteiger partial charge in [0.05, 0.1) is 18.8 Å². The number of nitrogens with two attached hydrogens (primary N) is 1. The number of hydrogen-bond donors (Lipinski definition) is 2. The Morgan fingerprint density at radius 1 is 1.21 bits per heavy atom. The van der Waals surface area contributed by atoms with Crippen LogP contribution in [-0.2, 0) is 9.53 Å². The van der Waals surface area contributed by atoms with Crippen molar-refractivity contribution in [2.75, 3.05) is 30.8 Å². The fraction of sp³-hybridized carbons (Fsp3) is 0.300. The number of primary amides is 1. The Balaban J connectivity index is 1.62. The maximum atomic E-state index is 13.1. The highest BCUT2D eigenvalue weighted by Gasteiger charge is 2.26. The van der Waals surface area contributed by atoms with Gasteiger partial charge in [0.1, 0.15) is 11.9 Å². The Morgan fingerprint density at radius 3 is 2.71 bits per heavy atom. The van der Waals surface area contributed by atoms with Gasteiger partial charge in [0, 0.05) is 23.6 Å². The number of nitrogens with one attached hydrogen (secondary N) is 1. The molecule has 0 spiro atoms. The van der Waals surface area contributed by atoms with Crippen molar-refractivity contribution in [2.24, 2.45) is 5.73 Å². The van der Waals surface area contributed by atoms with Crippen molar-refractivity contribution in [1.82, 2.24) is 4.90 Å². The molecule has 2 aromatic carbocycles. The fourth-order valence-corrected chi connectivity index (χ4v) is 3.84. The average Bonchev–Trinajstić information content (AvgIpc) is 2.69. The van der Waals surface area contributed by atoms with E-state index in [1.54, 1.807) is 17.0 Å². The molecule has 28 heavy (non-hydrogen) atoms. The Labute approximate surface area is 167 Å². The standard InChI is InChI=1S/C20H22FN3O3S/c21-15-7-5-14(6-8-15)17-13-24(10-11-27-17)20(26)23-16-3-1-2-4-18(16)28-12-9-19(22)25/h1-8,17H,9-13H2,(H2,22,25)(H,23,26). The molecule has 148 valence electrons. The summed E-state index contributed by atoms with van der Waals surface area (Å²) in [7, 11) is 0. The monoisotopic (exact) mass is 403 g/mol. The van der Waals surface area contributed by atoms with Gasteiger partial charge < -0.3 is 20.7 Å². The topological polar surface area (TPSA) is 84.7 Å². The van der Waals surface area contributed by atoms with Crippen LogP contribution in [0, 0.1) is 5.82 Å². The molecule has 1 aliphatic heterocycles. The van der Waals surface area contributed by atoms with Crippen molar-refractivity contribution in [2.45, 2.75) is 17.4 Å². The third-order valence-corrected chi connectivity index (χ3v) is 5.41. The number of urea groups is 1. The number of nitrogens with zero attached hydrogens (tertiary/aromatic N) is 1. The fourth-order valence-electron chi connectivity index (χ4n) is 2.86. The van der Waals surface area contributed by atoms with Gasteiger partial charge in [0.2, 0.25) is 5.91 Å². The molecule has 8 heteroatoms. The van der Waals surface area contributed by atoms with Crippen LogP contribution in [0.25, 0.3) is 0 Å². The van der Waals surface area contributed by atoms with Crippen LogP contribution in [0.15, 0.2) is 53.4 Å². The highest BCUT2D eigenvalue weighted by molar-refractivity contribution is 7.99. The third kappa shape index (κ3) is 5.46. The van der Waals surface area contributed by atoms with E-state index in [9.17, 15) is 14.0 Å². The first kappa shape index (κ1) is 20.2. The molecular weight excluding hydrogens is 381 g/mol. The van der Waals surface area contributed by atoms with Crippen LogP contribution < -0.4 is 11.1 Å². The molecule has 1 fully saturated rings. The van der Waals surface area contributed by atoms with E-state index in [1.807, 2.05) is 24.3 Å². The first-order valence-electron chi connectivity index (χ1n) is 8.96. The molecule has 3 amide bonds. The van der Waals surface area contributed by atoms with Crippen LogP contribution in [0.1, 0.15) is 18.1 Å². The molecule has 1 atom stereocenters. The number of ether oxygens (including phenoxy) is 1. The van der Waals surface area contributed by atoms with E-state index >= 15 is 0 Å². The zero-order valence-electron chi connectivity index (χ0n) is 15.3. The predicted molar refractivity (Wildman–Crippen MR) is 107 cm³/mol. The molecule has 1 unspecified atom stereocenters. The Bertz CT molecular complexity index is 832. The molecule has 2 aromatic rings. The molecule has 1 aliphatic rings. The lowest BCUT2D eigenvalue weighted by Crippen LogP contribution is -2.44. The van der Waals surface area contributed by atoms with E-state index in [2.05, 4.69) is 5.32 Å². The Kier molecular flexibility index (Phi) is 6.89. The van der Waals surface area contributed by atoms with Gasteiger partial charge in [-0.25, -0.2) is 9.18 Å². The summed E-state index contributed by atoms with van der Waals surface area (Å²) in [6.07, 6.45) is -0.0178. The second kappa shape index (κ2) is 9.57. The average molecular weight is 403 g/mol. The Morgan fingerprint density at radius 2 is 1.96 bits per heavy atom. The number of carbonyl (C=O) groups is 2. The zero-order valence-corrected chi connectivity index (χ0v) is 16.1. The van der Waals surface area contributed by atoms with Crippen LogP contribution in [-0.4, -0.2) is 42.3 Å². The molecule has 0 aromatic heterocycles. The summed E-state index contributed by atoms with van der Waals surface area (Å²) in [5, 5.41) is 2.93. The molecule has 0 radical (unpaired) electrons. The summed E-state index contributed by atoms with van der Waals surface area (Å²) in [6, 6.07) is 13.3. The van der Waals surface area contributed by atoms with Gasteiger partial charge in [0.25, 0.3) is 0 Å². The van der Waals surface area contributed by atoms with Crippen LogP contribution in [0.4, 0.5) is 14.9 Å². The quantitative estimate of drug-likeness (QED) is 0.724. The summed E-state index contributed by atoms with van der Waals surface area (Å²) in [5.41, 5.74) is 6.70. The van der Waals surface area contributed by atoms with Gasteiger partial charge >= 0.3 is 6.03 Å². The maximum absolute atomic E-state index is 13.1. The summed E-state index contributed by atoms with van der Waals surface area (Å²) >= 11 is 1.47. The van der Waals surface area contributed by atoms with Gasteiger partial charge in [-0.1, -0.05) is 24.3 Å². The second-order valence-electron chi connectivity index (χ2n) is 6.35. The smallest absolute Gasteiger partial charge is 0.322 e. The Hall–Kier alpha value is -2.58. The first-order valence-corrected chi connectivity index (χ1v) is 9.94. The van der Waals surface area contributed by atoms with E-state index in [-0.39, 0.29) is 30.3 Å². The lowest BCUT2D eigenvalue weighted by Gasteiger charge is -2.33. The molecule has 1 saturated heterocycles. The highest BCUT2D eigenvalue weighted by atomic mass is 32.2. The SMILES string of the molecule is NC(=O)CCSc1ccccc1NC(=O)N1CCOC(c2ccc(F)cc2)C1. The highest BCUT2D eigenvalue weighted by Crippen LogP contribution is 2.28. The van der Waals surface area contributed by atoms with Gasteiger partial charge in [-0.2, -0.15) is 0 Å². The number of carbonyl (C=O) groups excluding carboxylic acids is 2. The van der Waals surface area contributed by atoms with Gasteiger partial charge in [0.15, 0.2) is 0 Å². The number of amides is 3. The summed E-state index contributed by atoms with van der Waals surface area (Å²) < 4.78 is 18.9.